The second kappa shape index (κ2) is 12.5. The number of fused-ring (bicyclic) bond motifs is 2. The van der Waals surface area contributed by atoms with Crippen molar-refractivity contribution < 1.29 is 14.4 Å². The van der Waals surface area contributed by atoms with Crippen molar-refractivity contribution >= 4 is 39.5 Å². The topological polar surface area (TPSA) is 165 Å². The number of benzene rings is 2. The van der Waals surface area contributed by atoms with E-state index in [1.807, 2.05) is 60.9 Å². The standard InChI is InChI=1S/C32H36N8O3/c33-27(13-21-15-38-29-8-4-2-6-24(21)29)32(43)40-17-25(26(18-40)31(42)36-12-10-22-16-34-19-39-22)30(41)35-11-9-20-14-37-28-7-3-1-5-23(20)28/h1-8,14-16,19,25-27,37-38H,9-13,17-18,33H2,(H,34,39)(H,35,41)(H,36,42)/t25-,26-,27+/m1/s1. The molecule has 0 aliphatic carbocycles. The molecule has 3 atom stereocenters. The summed E-state index contributed by atoms with van der Waals surface area (Å²) in [4.78, 5) is 55.4. The van der Waals surface area contributed by atoms with Gasteiger partial charge in [-0.05, 0) is 36.1 Å². The number of aromatic amines is 3. The van der Waals surface area contributed by atoms with E-state index in [0.29, 0.717) is 32.4 Å². The van der Waals surface area contributed by atoms with E-state index in [2.05, 4.69) is 30.6 Å². The van der Waals surface area contributed by atoms with Gasteiger partial charge in [0.15, 0.2) is 0 Å². The van der Waals surface area contributed by atoms with Crippen LogP contribution in [-0.2, 0) is 33.6 Å². The van der Waals surface area contributed by atoms with Gasteiger partial charge in [-0.1, -0.05) is 36.4 Å². The molecule has 1 aliphatic heterocycles. The molecule has 0 saturated carbocycles. The van der Waals surface area contributed by atoms with Gasteiger partial charge in [0, 0.05) is 78.7 Å². The van der Waals surface area contributed by atoms with Gasteiger partial charge in [0.2, 0.25) is 17.7 Å². The Kier molecular flexibility index (Phi) is 8.23. The quantitative estimate of drug-likeness (QED) is 0.141. The summed E-state index contributed by atoms with van der Waals surface area (Å²) in [6, 6.07) is 15.1. The molecule has 1 fully saturated rings. The molecule has 0 radical (unpaired) electrons. The molecule has 3 aromatic heterocycles. The van der Waals surface area contributed by atoms with Gasteiger partial charge < -0.3 is 36.2 Å². The maximum absolute atomic E-state index is 13.5. The van der Waals surface area contributed by atoms with Gasteiger partial charge in [-0.3, -0.25) is 14.4 Å². The summed E-state index contributed by atoms with van der Waals surface area (Å²) in [5.74, 6) is -2.13. The highest BCUT2D eigenvalue weighted by molar-refractivity contribution is 5.92. The van der Waals surface area contributed by atoms with Crippen LogP contribution in [0.1, 0.15) is 16.8 Å². The number of carbonyl (C=O) groups is 3. The number of carbonyl (C=O) groups excluding carboxylic acids is 3. The maximum Gasteiger partial charge on any atom is 0.239 e. The molecular weight excluding hydrogens is 544 g/mol. The fourth-order valence-corrected chi connectivity index (χ4v) is 6.04. The van der Waals surface area contributed by atoms with Crippen LogP contribution in [0.4, 0.5) is 0 Å². The molecule has 4 heterocycles. The van der Waals surface area contributed by atoms with Gasteiger partial charge in [-0.2, -0.15) is 0 Å². The highest BCUT2D eigenvalue weighted by Gasteiger charge is 2.44. The van der Waals surface area contributed by atoms with Crippen LogP contribution >= 0.6 is 0 Å². The Morgan fingerprint density at radius 3 is 2.05 bits per heavy atom. The molecule has 0 spiro atoms. The van der Waals surface area contributed by atoms with Crippen molar-refractivity contribution in [1.82, 2.24) is 35.5 Å². The zero-order valence-corrected chi connectivity index (χ0v) is 23.8. The normalized spacial score (nSPS) is 17.4. The molecule has 6 rings (SSSR count). The van der Waals surface area contributed by atoms with Crippen LogP contribution in [0.25, 0.3) is 21.8 Å². The third-order valence-electron chi connectivity index (χ3n) is 8.35. The summed E-state index contributed by atoms with van der Waals surface area (Å²) in [5, 5.41) is 8.10. The number of amides is 3. The zero-order chi connectivity index (χ0) is 29.8. The molecule has 0 bridgehead atoms. The average molecular weight is 581 g/mol. The summed E-state index contributed by atoms with van der Waals surface area (Å²) in [6.45, 7) is 1.08. The zero-order valence-electron chi connectivity index (χ0n) is 23.8. The minimum Gasteiger partial charge on any atom is -0.361 e. The van der Waals surface area contributed by atoms with Crippen LogP contribution in [0.3, 0.4) is 0 Å². The van der Waals surface area contributed by atoms with Crippen molar-refractivity contribution in [3.63, 3.8) is 0 Å². The van der Waals surface area contributed by atoms with Gasteiger partial charge in [-0.25, -0.2) is 4.98 Å². The number of nitrogens with one attached hydrogen (secondary N) is 5. The van der Waals surface area contributed by atoms with Gasteiger partial charge >= 0.3 is 0 Å². The van der Waals surface area contributed by atoms with E-state index in [-0.39, 0.29) is 30.8 Å². The van der Waals surface area contributed by atoms with Gasteiger partial charge in [0.1, 0.15) is 0 Å². The summed E-state index contributed by atoms with van der Waals surface area (Å²) in [6.07, 6.45) is 8.70. The minimum atomic E-state index is -0.799. The van der Waals surface area contributed by atoms with Crippen LogP contribution < -0.4 is 16.4 Å². The number of hydrogen-bond donors (Lipinski definition) is 6. The van der Waals surface area contributed by atoms with Crippen LogP contribution in [-0.4, -0.2) is 74.8 Å². The molecule has 3 amide bonds. The second-order valence-electron chi connectivity index (χ2n) is 11.1. The first-order valence-corrected chi connectivity index (χ1v) is 14.6. The van der Waals surface area contributed by atoms with Crippen molar-refractivity contribution in [2.45, 2.75) is 25.3 Å². The Morgan fingerprint density at radius 1 is 0.837 bits per heavy atom. The number of para-hydroxylation sites is 2. The Labute approximate surface area is 248 Å². The number of imidazole rings is 1. The minimum absolute atomic E-state index is 0.136. The van der Waals surface area contributed by atoms with E-state index in [9.17, 15) is 14.4 Å². The molecule has 1 saturated heterocycles. The summed E-state index contributed by atoms with van der Waals surface area (Å²) >= 11 is 0. The van der Waals surface area contributed by atoms with Crippen LogP contribution in [0.2, 0.25) is 0 Å². The summed E-state index contributed by atoms with van der Waals surface area (Å²) in [7, 11) is 0. The molecule has 2 aromatic carbocycles. The monoisotopic (exact) mass is 580 g/mol. The molecule has 43 heavy (non-hydrogen) atoms. The van der Waals surface area contributed by atoms with E-state index in [4.69, 9.17) is 5.73 Å². The SMILES string of the molecule is N[C@@H](Cc1c[nH]c2ccccc12)C(=O)N1C[C@@H](C(=O)NCCc2cnc[nH]2)[C@H](C(=O)NCCc2c[nH]c3ccccc23)C1. The Hall–Kier alpha value is -4.90. The van der Waals surface area contributed by atoms with E-state index in [1.54, 1.807) is 17.4 Å². The van der Waals surface area contributed by atoms with Crippen LogP contribution in [0.5, 0.6) is 0 Å². The molecule has 11 nitrogen and oxygen atoms in total. The predicted molar refractivity (Wildman–Crippen MR) is 164 cm³/mol. The van der Waals surface area contributed by atoms with Gasteiger partial charge in [-0.15, -0.1) is 0 Å². The molecule has 5 aromatic rings. The van der Waals surface area contributed by atoms with E-state index in [0.717, 1.165) is 38.6 Å². The third-order valence-corrected chi connectivity index (χ3v) is 8.35. The summed E-state index contributed by atoms with van der Waals surface area (Å²) in [5.41, 5.74) is 11.4. The highest BCUT2D eigenvalue weighted by atomic mass is 16.2. The Morgan fingerprint density at radius 2 is 1.42 bits per heavy atom. The van der Waals surface area contributed by atoms with Crippen LogP contribution in [0, 0.1) is 11.8 Å². The first-order valence-electron chi connectivity index (χ1n) is 14.6. The summed E-state index contributed by atoms with van der Waals surface area (Å²) < 4.78 is 0. The van der Waals surface area contributed by atoms with E-state index >= 15 is 0 Å². The number of nitrogens with two attached hydrogens (primary N) is 1. The van der Waals surface area contributed by atoms with Crippen molar-refractivity contribution in [1.29, 1.82) is 0 Å². The van der Waals surface area contributed by atoms with Crippen LogP contribution in [0.15, 0.2) is 73.4 Å². The average Bonchev–Trinajstić information content (AvgIpc) is 3.84. The lowest BCUT2D eigenvalue weighted by molar-refractivity contribution is -0.132. The third kappa shape index (κ3) is 6.17. The molecule has 7 N–H and O–H groups in total. The Balaban J connectivity index is 1.11. The van der Waals surface area contributed by atoms with Gasteiger partial charge in [0.25, 0.3) is 0 Å². The van der Waals surface area contributed by atoms with E-state index in [1.165, 1.54) is 0 Å². The predicted octanol–water partition coefficient (Wildman–Crippen LogP) is 2.03. The van der Waals surface area contributed by atoms with Crippen molar-refractivity contribution in [2.75, 3.05) is 26.2 Å². The van der Waals surface area contributed by atoms with E-state index < -0.39 is 17.9 Å². The van der Waals surface area contributed by atoms with Crippen molar-refractivity contribution in [3.8, 4) is 0 Å². The number of likely N-dealkylation sites (tertiary alicyclic amines) is 1. The first kappa shape index (κ1) is 28.2. The molecule has 11 heteroatoms. The fraction of sp³-hybridized carbons (Fsp3) is 0.312. The van der Waals surface area contributed by atoms with Crippen molar-refractivity contribution in [2.24, 2.45) is 17.6 Å². The smallest absolute Gasteiger partial charge is 0.239 e. The second-order valence-corrected chi connectivity index (χ2v) is 11.1. The number of H-pyrrole nitrogens is 3. The number of nitrogens with zero attached hydrogens (tertiary/aromatic N) is 2. The molecule has 1 aliphatic rings. The fourth-order valence-electron chi connectivity index (χ4n) is 6.04. The first-order chi connectivity index (χ1) is 21.0. The lowest BCUT2D eigenvalue weighted by atomic mass is 9.94. The van der Waals surface area contributed by atoms with Crippen molar-refractivity contribution in [3.05, 3.63) is 90.3 Å². The highest BCUT2D eigenvalue weighted by Crippen LogP contribution is 2.26. The molecular formula is C32H36N8O3. The lowest BCUT2D eigenvalue weighted by Gasteiger charge is -2.21. The lowest BCUT2D eigenvalue weighted by Crippen LogP contribution is -2.44. The Bertz CT molecular complexity index is 1720. The molecule has 0 unspecified atom stereocenters. The number of hydrogen-bond acceptors (Lipinski definition) is 5. The van der Waals surface area contributed by atoms with Gasteiger partial charge in [0.05, 0.1) is 24.2 Å². The number of aromatic nitrogens is 4. The largest absolute Gasteiger partial charge is 0.361 e. The molecule has 222 valence electrons. The number of rotatable bonds is 11. The maximum atomic E-state index is 13.5.